The second-order valence-electron chi connectivity index (χ2n) is 8.88. The highest BCUT2D eigenvalue weighted by atomic mass is 19.4. The van der Waals surface area contributed by atoms with Crippen LogP contribution in [0.1, 0.15) is 57.4 Å². The first-order chi connectivity index (χ1) is 16.1. The summed E-state index contributed by atoms with van der Waals surface area (Å²) >= 11 is 0. The van der Waals surface area contributed by atoms with Crippen molar-refractivity contribution in [3.63, 3.8) is 0 Å². The molecular formula is C26H27F7O. The molecule has 0 heterocycles. The van der Waals surface area contributed by atoms with E-state index < -0.39 is 46.3 Å². The van der Waals surface area contributed by atoms with Crippen LogP contribution in [0.2, 0.25) is 0 Å². The third-order valence-electron chi connectivity index (χ3n) is 6.34. The summed E-state index contributed by atoms with van der Waals surface area (Å²) in [6, 6.07) is 3.56. The fourth-order valence-corrected chi connectivity index (χ4v) is 4.63. The maximum atomic E-state index is 14.7. The molecular weight excluding hydrogens is 461 g/mol. The molecule has 186 valence electrons. The molecule has 2 aromatic rings. The Balaban J connectivity index is 1.70. The molecule has 0 atom stereocenters. The Morgan fingerprint density at radius 1 is 0.824 bits per heavy atom. The molecule has 0 radical (unpaired) electrons. The van der Waals surface area contributed by atoms with E-state index in [0.717, 1.165) is 37.3 Å². The number of rotatable bonds is 8. The first-order valence-corrected chi connectivity index (χ1v) is 11.5. The second-order valence-corrected chi connectivity index (χ2v) is 8.88. The average molecular weight is 488 g/mol. The molecule has 1 nitrogen and oxygen atoms in total. The van der Waals surface area contributed by atoms with Gasteiger partial charge in [-0.25, -0.2) is 17.6 Å². The van der Waals surface area contributed by atoms with E-state index in [1.807, 2.05) is 0 Å². The lowest BCUT2D eigenvalue weighted by atomic mass is 9.78. The summed E-state index contributed by atoms with van der Waals surface area (Å²) in [5.74, 6) is -4.52. The van der Waals surface area contributed by atoms with Gasteiger partial charge in [0.2, 0.25) is 0 Å². The molecule has 0 bridgehead atoms. The van der Waals surface area contributed by atoms with Gasteiger partial charge in [-0.05, 0) is 60.1 Å². The van der Waals surface area contributed by atoms with Crippen LogP contribution in [0.3, 0.4) is 0 Å². The molecule has 2 aromatic carbocycles. The van der Waals surface area contributed by atoms with E-state index in [-0.39, 0.29) is 12.3 Å². The monoisotopic (exact) mass is 488 g/mol. The lowest BCUT2D eigenvalue weighted by Crippen LogP contribution is -2.15. The molecule has 0 aromatic heterocycles. The van der Waals surface area contributed by atoms with Gasteiger partial charge in [0.25, 0.3) is 0 Å². The summed E-state index contributed by atoms with van der Waals surface area (Å²) in [4.78, 5) is 0. The summed E-state index contributed by atoms with van der Waals surface area (Å²) in [7, 11) is 0. The van der Waals surface area contributed by atoms with Gasteiger partial charge in [-0.15, -0.1) is 0 Å². The fourth-order valence-electron chi connectivity index (χ4n) is 4.63. The van der Waals surface area contributed by atoms with Crippen LogP contribution >= 0.6 is 0 Å². The largest absolute Gasteiger partial charge is 0.459 e. The van der Waals surface area contributed by atoms with Gasteiger partial charge in [0.15, 0.2) is 17.4 Å². The predicted molar refractivity (Wildman–Crippen MR) is 116 cm³/mol. The van der Waals surface area contributed by atoms with Crippen molar-refractivity contribution in [2.24, 2.45) is 11.8 Å². The van der Waals surface area contributed by atoms with E-state index in [1.54, 1.807) is 0 Å². The highest BCUT2D eigenvalue weighted by molar-refractivity contribution is 5.66. The molecule has 3 rings (SSSR count). The first kappa shape index (κ1) is 26.1. The minimum Gasteiger partial charge on any atom is -0.459 e. The molecule has 0 aliphatic heterocycles. The highest BCUT2D eigenvalue weighted by Crippen LogP contribution is 2.36. The number of halogens is 7. The van der Waals surface area contributed by atoms with E-state index in [0.29, 0.717) is 30.0 Å². The van der Waals surface area contributed by atoms with Gasteiger partial charge >= 0.3 is 6.18 Å². The minimum atomic E-state index is -4.73. The molecule has 0 unspecified atom stereocenters. The number of hydrogen-bond acceptors (Lipinski definition) is 1. The summed E-state index contributed by atoms with van der Waals surface area (Å²) in [5.41, 5.74) is -0.565. The average Bonchev–Trinajstić information content (AvgIpc) is 2.74. The number of benzene rings is 2. The number of allylic oxidation sites excluding steroid dienone is 1. The molecule has 0 spiro atoms. The predicted octanol–water partition coefficient (Wildman–Crippen LogP) is 8.90. The Hall–Kier alpha value is -2.51. The van der Waals surface area contributed by atoms with Crippen molar-refractivity contribution in [2.75, 3.05) is 0 Å². The van der Waals surface area contributed by atoms with Gasteiger partial charge in [0, 0.05) is 0 Å². The number of aryl methyl sites for hydroxylation is 1. The van der Waals surface area contributed by atoms with Crippen LogP contribution in [0.25, 0.3) is 11.1 Å². The summed E-state index contributed by atoms with van der Waals surface area (Å²) in [5, 5.41) is 0. The standard InChI is InChI=1S/C26H27F7O/c1-2-3-16-4-6-17(7-5-16)8-9-18-12-20(27)24(21(28)13-18)19-14-22(29)25(23(30)15-19)34-11-10-26(31,32)33/h10-17H,2-9H2,1H3/b11-10+. The minimum absolute atomic E-state index is 0.0907. The second kappa shape index (κ2) is 11.3. The Morgan fingerprint density at radius 3 is 1.85 bits per heavy atom. The quantitative estimate of drug-likeness (QED) is 0.266. The maximum absolute atomic E-state index is 14.7. The Bertz CT molecular complexity index is 959. The highest BCUT2D eigenvalue weighted by Gasteiger charge is 2.24. The van der Waals surface area contributed by atoms with Crippen LogP contribution in [0.5, 0.6) is 5.75 Å². The zero-order valence-corrected chi connectivity index (χ0v) is 18.8. The van der Waals surface area contributed by atoms with Crippen molar-refractivity contribution in [3.05, 3.63) is 65.4 Å². The van der Waals surface area contributed by atoms with Gasteiger partial charge < -0.3 is 4.74 Å². The van der Waals surface area contributed by atoms with Crippen molar-refractivity contribution in [2.45, 2.75) is 64.5 Å². The van der Waals surface area contributed by atoms with Gasteiger partial charge in [-0.1, -0.05) is 45.4 Å². The van der Waals surface area contributed by atoms with E-state index >= 15 is 0 Å². The lowest BCUT2D eigenvalue weighted by molar-refractivity contribution is -0.0809. The summed E-state index contributed by atoms with van der Waals surface area (Å²) < 4.78 is 98.7. The molecule has 34 heavy (non-hydrogen) atoms. The molecule has 0 saturated heterocycles. The lowest BCUT2D eigenvalue weighted by Gasteiger charge is -2.28. The molecule has 1 saturated carbocycles. The molecule has 1 fully saturated rings. The van der Waals surface area contributed by atoms with Crippen LogP contribution in [0, 0.1) is 35.1 Å². The van der Waals surface area contributed by atoms with E-state index in [2.05, 4.69) is 11.7 Å². The molecule has 1 aliphatic carbocycles. The molecule has 0 amide bonds. The smallest absolute Gasteiger partial charge is 0.412 e. The van der Waals surface area contributed by atoms with Gasteiger partial charge in [-0.3, -0.25) is 0 Å². The topological polar surface area (TPSA) is 9.23 Å². The third kappa shape index (κ3) is 7.00. The van der Waals surface area contributed by atoms with E-state index in [4.69, 9.17) is 0 Å². The van der Waals surface area contributed by atoms with Crippen LogP contribution in [-0.2, 0) is 6.42 Å². The molecule has 1 aliphatic rings. The van der Waals surface area contributed by atoms with Crippen molar-refractivity contribution < 1.29 is 35.5 Å². The van der Waals surface area contributed by atoms with E-state index in [1.165, 1.54) is 25.7 Å². The van der Waals surface area contributed by atoms with Crippen molar-refractivity contribution in [1.82, 2.24) is 0 Å². The zero-order valence-electron chi connectivity index (χ0n) is 18.8. The summed E-state index contributed by atoms with van der Waals surface area (Å²) in [6.45, 7) is 2.18. The Kier molecular flexibility index (Phi) is 8.66. The molecule has 0 N–H and O–H groups in total. The van der Waals surface area contributed by atoms with Crippen molar-refractivity contribution >= 4 is 0 Å². The fraction of sp³-hybridized carbons (Fsp3) is 0.462. The van der Waals surface area contributed by atoms with Gasteiger partial charge in [-0.2, -0.15) is 13.2 Å². The molecule has 8 heteroatoms. The van der Waals surface area contributed by atoms with Gasteiger partial charge in [0.05, 0.1) is 17.9 Å². The van der Waals surface area contributed by atoms with Crippen LogP contribution < -0.4 is 4.74 Å². The van der Waals surface area contributed by atoms with Crippen molar-refractivity contribution in [1.29, 1.82) is 0 Å². The zero-order chi connectivity index (χ0) is 24.9. The third-order valence-corrected chi connectivity index (χ3v) is 6.34. The number of hydrogen-bond donors (Lipinski definition) is 0. The van der Waals surface area contributed by atoms with Crippen molar-refractivity contribution in [3.8, 4) is 16.9 Å². The van der Waals surface area contributed by atoms with Crippen LogP contribution in [0.15, 0.2) is 36.6 Å². The summed E-state index contributed by atoms with van der Waals surface area (Å²) in [6.07, 6.45) is 3.35. The Morgan fingerprint density at radius 2 is 1.35 bits per heavy atom. The SMILES string of the molecule is CCCC1CCC(CCc2cc(F)c(-c3cc(F)c(O/C=C/C(F)(F)F)c(F)c3)c(F)c2)CC1. The maximum Gasteiger partial charge on any atom is 0.412 e. The number of alkyl halides is 3. The van der Waals surface area contributed by atoms with Crippen LogP contribution in [0.4, 0.5) is 30.7 Å². The van der Waals surface area contributed by atoms with Gasteiger partial charge in [0.1, 0.15) is 11.6 Å². The van der Waals surface area contributed by atoms with Crippen LogP contribution in [-0.4, -0.2) is 6.18 Å². The normalized spacial score (nSPS) is 19.1. The first-order valence-electron chi connectivity index (χ1n) is 11.5. The number of ether oxygens (including phenoxy) is 1. The Labute approximate surface area is 194 Å². The van der Waals surface area contributed by atoms with E-state index in [9.17, 15) is 30.7 Å².